The van der Waals surface area contributed by atoms with Crippen LogP contribution in [-0.4, -0.2) is 26.9 Å². The number of hydrogen-bond donors (Lipinski definition) is 0. The van der Waals surface area contributed by atoms with Crippen LogP contribution in [0, 0.1) is 0 Å². The Bertz CT molecular complexity index is 635. The lowest BCUT2D eigenvalue weighted by atomic mass is 10.1. The molecule has 1 aliphatic rings. The average molecular weight is 267 g/mol. The minimum absolute atomic E-state index is 0.241. The number of benzene rings is 1. The molecule has 1 atom stereocenters. The van der Waals surface area contributed by atoms with Gasteiger partial charge in [0.2, 0.25) is 0 Å². The van der Waals surface area contributed by atoms with Crippen molar-refractivity contribution in [1.29, 1.82) is 0 Å². The lowest BCUT2D eigenvalue weighted by Gasteiger charge is -2.24. The smallest absolute Gasteiger partial charge is 0.262 e. The number of carbonyl (C=O) groups is 2. The number of imide groups is 1. The number of hydrogen-bond acceptors (Lipinski definition) is 4. The van der Waals surface area contributed by atoms with E-state index in [0.717, 1.165) is 5.56 Å². The van der Waals surface area contributed by atoms with Crippen LogP contribution in [0.4, 0.5) is 0 Å². The number of rotatable bonds is 3. The summed E-state index contributed by atoms with van der Waals surface area (Å²) >= 11 is 0. The molecule has 0 saturated carbocycles. The molecule has 0 aliphatic carbocycles. The van der Waals surface area contributed by atoms with E-state index in [9.17, 15) is 9.59 Å². The molecule has 5 heteroatoms. The number of aromatic nitrogens is 2. The van der Waals surface area contributed by atoms with Gasteiger partial charge in [0.1, 0.15) is 0 Å². The van der Waals surface area contributed by atoms with Gasteiger partial charge in [-0.15, -0.1) is 0 Å². The average Bonchev–Trinajstić information content (AvgIpc) is 2.75. The standard InChI is InChI=1S/C15H13N3O2/c1-2-13(10-7-8-16-17-9-10)18-14(19)11-5-3-4-6-12(11)15(18)20/h3-9,13H,2H2,1H3. The Balaban J connectivity index is 2.03. The lowest BCUT2D eigenvalue weighted by Crippen LogP contribution is -2.33. The van der Waals surface area contributed by atoms with Crippen LogP contribution in [0.25, 0.3) is 0 Å². The highest BCUT2D eigenvalue weighted by Crippen LogP contribution is 2.32. The van der Waals surface area contributed by atoms with E-state index in [1.165, 1.54) is 4.90 Å². The topological polar surface area (TPSA) is 63.2 Å². The SMILES string of the molecule is CCC(c1ccnnc1)N1C(=O)c2ccccc2C1=O. The Labute approximate surface area is 116 Å². The van der Waals surface area contributed by atoms with Gasteiger partial charge in [-0.1, -0.05) is 19.1 Å². The van der Waals surface area contributed by atoms with Gasteiger partial charge in [-0.3, -0.25) is 14.5 Å². The van der Waals surface area contributed by atoms with Crippen molar-refractivity contribution in [3.8, 4) is 0 Å². The number of amides is 2. The van der Waals surface area contributed by atoms with Crippen molar-refractivity contribution in [2.45, 2.75) is 19.4 Å². The summed E-state index contributed by atoms with van der Waals surface area (Å²) in [6.45, 7) is 1.94. The third-order valence-electron chi connectivity index (χ3n) is 3.52. The maximum absolute atomic E-state index is 12.4. The fourth-order valence-corrected chi connectivity index (χ4v) is 2.56. The molecule has 0 bridgehead atoms. The first-order valence-electron chi connectivity index (χ1n) is 6.47. The van der Waals surface area contributed by atoms with E-state index in [1.54, 1.807) is 42.7 Å². The molecule has 100 valence electrons. The predicted octanol–water partition coefficient (Wildman–Crippen LogP) is 2.22. The Morgan fingerprint density at radius 3 is 2.20 bits per heavy atom. The maximum Gasteiger partial charge on any atom is 0.262 e. The Hall–Kier alpha value is -2.56. The van der Waals surface area contributed by atoms with E-state index in [4.69, 9.17) is 0 Å². The van der Waals surface area contributed by atoms with Crippen LogP contribution in [0.1, 0.15) is 45.7 Å². The fourth-order valence-electron chi connectivity index (χ4n) is 2.56. The van der Waals surface area contributed by atoms with Crippen LogP contribution in [0.3, 0.4) is 0 Å². The van der Waals surface area contributed by atoms with Gasteiger partial charge in [0, 0.05) is 6.20 Å². The second-order valence-corrected chi connectivity index (χ2v) is 4.63. The zero-order valence-corrected chi connectivity index (χ0v) is 11.0. The predicted molar refractivity (Wildman–Crippen MR) is 72.0 cm³/mol. The first-order valence-corrected chi connectivity index (χ1v) is 6.47. The lowest BCUT2D eigenvalue weighted by molar-refractivity contribution is 0.0577. The van der Waals surface area contributed by atoms with Crippen molar-refractivity contribution in [2.75, 3.05) is 0 Å². The van der Waals surface area contributed by atoms with Crippen molar-refractivity contribution >= 4 is 11.8 Å². The van der Waals surface area contributed by atoms with Gasteiger partial charge in [0.25, 0.3) is 11.8 Å². The van der Waals surface area contributed by atoms with Crippen molar-refractivity contribution < 1.29 is 9.59 Å². The van der Waals surface area contributed by atoms with Crippen molar-refractivity contribution in [1.82, 2.24) is 15.1 Å². The van der Waals surface area contributed by atoms with Crippen LogP contribution in [-0.2, 0) is 0 Å². The van der Waals surface area contributed by atoms with E-state index in [-0.39, 0.29) is 17.9 Å². The summed E-state index contributed by atoms with van der Waals surface area (Å²) in [6, 6.07) is 8.38. The molecule has 5 nitrogen and oxygen atoms in total. The molecule has 1 aliphatic heterocycles. The van der Waals surface area contributed by atoms with Gasteiger partial charge in [0.15, 0.2) is 0 Å². The zero-order valence-electron chi connectivity index (χ0n) is 11.0. The third kappa shape index (κ3) is 1.79. The van der Waals surface area contributed by atoms with Crippen molar-refractivity contribution in [2.24, 2.45) is 0 Å². The van der Waals surface area contributed by atoms with Gasteiger partial charge < -0.3 is 0 Å². The first kappa shape index (κ1) is 12.5. The van der Waals surface area contributed by atoms with Gasteiger partial charge >= 0.3 is 0 Å². The molecule has 0 N–H and O–H groups in total. The van der Waals surface area contributed by atoms with Gasteiger partial charge in [0.05, 0.1) is 23.4 Å². The molecule has 2 amide bonds. The van der Waals surface area contributed by atoms with Crippen molar-refractivity contribution in [3.63, 3.8) is 0 Å². The third-order valence-corrected chi connectivity index (χ3v) is 3.52. The highest BCUT2D eigenvalue weighted by Gasteiger charge is 2.39. The summed E-state index contributed by atoms with van der Waals surface area (Å²) < 4.78 is 0. The minimum atomic E-state index is -0.308. The van der Waals surface area contributed by atoms with Crippen LogP contribution in [0.2, 0.25) is 0 Å². The monoisotopic (exact) mass is 267 g/mol. The van der Waals surface area contributed by atoms with Gasteiger partial charge in [-0.25, -0.2) is 0 Å². The molecule has 0 radical (unpaired) electrons. The van der Waals surface area contributed by atoms with Gasteiger partial charge in [-0.05, 0) is 30.2 Å². The number of carbonyl (C=O) groups excluding carboxylic acids is 2. The highest BCUT2D eigenvalue weighted by atomic mass is 16.2. The minimum Gasteiger partial charge on any atom is -0.269 e. The van der Waals surface area contributed by atoms with E-state index in [0.29, 0.717) is 17.5 Å². The first-order chi connectivity index (χ1) is 9.74. The highest BCUT2D eigenvalue weighted by molar-refractivity contribution is 6.21. The Kier molecular flexibility index (Phi) is 3.02. The number of fused-ring (bicyclic) bond motifs is 1. The summed E-state index contributed by atoms with van der Waals surface area (Å²) in [5.41, 5.74) is 1.76. The van der Waals surface area contributed by atoms with Crippen LogP contribution in [0.15, 0.2) is 42.7 Å². The Morgan fingerprint density at radius 2 is 1.70 bits per heavy atom. The summed E-state index contributed by atoms with van der Waals surface area (Å²) in [7, 11) is 0. The van der Waals surface area contributed by atoms with E-state index >= 15 is 0 Å². The van der Waals surface area contributed by atoms with E-state index in [1.807, 2.05) is 6.92 Å². The molecular weight excluding hydrogens is 254 g/mol. The van der Waals surface area contributed by atoms with Crippen molar-refractivity contribution in [3.05, 3.63) is 59.4 Å². The molecule has 3 rings (SSSR count). The molecule has 1 aromatic heterocycles. The molecule has 1 unspecified atom stereocenters. The summed E-state index contributed by atoms with van der Waals surface area (Å²) in [6.07, 6.45) is 3.80. The maximum atomic E-state index is 12.4. The molecule has 2 heterocycles. The Morgan fingerprint density at radius 1 is 1.05 bits per heavy atom. The van der Waals surface area contributed by atoms with Crippen LogP contribution in [0.5, 0.6) is 0 Å². The summed E-state index contributed by atoms with van der Waals surface area (Å²) in [5.74, 6) is -0.483. The number of nitrogens with zero attached hydrogens (tertiary/aromatic N) is 3. The molecule has 20 heavy (non-hydrogen) atoms. The molecular formula is C15H13N3O2. The quantitative estimate of drug-likeness (QED) is 0.800. The molecule has 0 spiro atoms. The second-order valence-electron chi connectivity index (χ2n) is 4.63. The molecule has 1 aromatic carbocycles. The van der Waals surface area contributed by atoms with Gasteiger partial charge in [-0.2, -0.15) is 10.2 Å². The summed E-state index contributed by atoms with van der Waals surface area (Å²) in [4.78, 5) is 26.2. The van der Waals surface area contributed by atoms with E-state index < -0.39 is 0 Å². The van der Waals surface area contributed by atoms with E-state index in [2.05, 4.69) is 10.2 Å². The molecule has 0 saturated heterocycles. The zero-order chi connectivity index (χ0) is 14.1. The van der Waals surface area contributed by atoms with Crippen LogP contribution < -0.4 is 0 Å². The fraction of sp³-hybridized carbons (Fsp3) is 0.200. The molecule has 0 fully saturated rings. The normalized spacial score (nSPS) is 15.3. The summed E-state index contributed by atoms with van der Waals surface area (Å²) in [5, 5.41) is 7.55. The van der Waals surface area contributed by atoms with Crippen LogP contribution >= 0.6 is 0 Å². The second kappa shape index (κ2) is 4.85. The molecule has 2 aromatic rings. The largest absolute Gasteiger partial charge is 0.269 e.